The van der Waals surface area contributed by atoms with Crippen molar-refractivity contribution < 1.29 is 27.2 Å². The normalized spacial score (nSPS) is 17.1. The van der Waals surface area contributed by atoms with E-state index in [4.69, 9.17) is 0 Å². The first-order valence-electron chi connectivity index (χ1n) is 8.36. The van der Waals surface area contributed by atoms with E-state index in [-0.39, 0.29) is 12.2 Å². The number of carbonyl (C=O) groups is 3. The maximum absolute atomic E-state index is 14.1. The highest BCUT2D eigenvalue weighted by atomic mass is 32.2. The molecule has 1 fully saturated rings. The molecule has 28 heavy (non-hydrogen) atoms. The standard InChI is InChI=1S/C19H17FN2O5S/c1-28(26,27)22(16-10-6-5-9-15(16)20)12-17(23)21-11-14(18(24)19(21)25)13-7-3-2-4-8-13/h2-10,14H,11-12H2,1H3/t14-/m1/s1. The van der Waals surface area contributed by atoms with Crippen molar-refractivity contribution in [2.75, 3.05) is 23.7 Å². The average Bonchev–Trinajstić information content (AvgIpc) is 2.95. The summed E-state index contributed by atoms with van der Waals surface area (Å²) >= 11 is 0. The Balaban J connectivity index is 1.86. The van der Waals surface area contributed by atoms with Gasteiger partial charge in [-0.3, -0.25) is 23.6 Å². The zero-order valence-electron chi connectivity index (χ0n) is 14.9. The van der Waals surface area contributed by atoms with E-state index >= 15 is 0 Å². The molecule has 2 amide bonds. The van der Waals surface area contributed by atoms with Gasteiger partial charge in [0.1, 0.15) is 12.4 Å². The number of halogens is 1. The third-order valence-corrected chi connectivity index (χ3v) is 5.57. The van der Waals surface area contributed by atoms with Crippen molar-refractivity contribution in [3.05, 3.63) is 66.0 Å². The van der Waals surface area contributed by atoms with Gasteiger partial charge >= 0.3 is 0 Å². The fraction of sp³-hybridized carbons (Fsp3) is 0.211. The molecule has 1 heterocycles. The zero-order valence-corrected chi connectivity index (χ0v) is 15.7. The Morgan fingerprint density at radius 2 is 1.71 bits per heavy atom. The lowest BCUT2D eigenvalue weighted by Crippen LogP contribution is -2.44. The van der Waals surface area contributed by atoms with E-state index in [1.807, 2.05) is 0 Å². The van der Waals surface area contributed by atoms with Crippen LogP contribution in [0.2, 0.25) is 0 Å². The van der Waals surface area contributed by atoms with Gasteiger partial charge < -0.3 is 0 Å². The largest absolute Gasteiger partial charge is 0.297 e. The zero-order chi connectivity index (χ0) is 20.5. The Hall–Kier alpha value is -3.07. The van der Waals surface area contributed by atoms with E-state index in [0.717, 1.165) is 17.2 Å². The monoisotopic (exact) mass is 404 g/mol. The predicted octanol–water partition coefficient (Wildman–Crippen LogP) is 1.31. The number of rotatable bonds is 5. The highest BCUT2D eigenvalue weighted by Gasteiger charge is 2.43. The van der Waals surface area contributed by atoms with Crippen LogP contribution in [0, 0.1) is 5.82 Å². The van der Waals surface area contributed by atoms with Crippen molar-refractivity contribution >= 4 is 33.3 Å². The first-order chi connectivity index (χ1) is 13.2. The number of hydrogen-bond donors (Lipinski definition) is 0. The fourth-order valence-electron chi connectivity index (χ4n) is 3.03. The molecule has 2 aromatic carbocycles. The van der Waals surface area contributed by atoms with Gasteiger partial charge in [-0.2, -0.15) is 0 Å². The number of ketones is 1. The summed E-state index contributed by atoms with van der Waals surface area (Å²) in [6, 6.07) is 13.6. The summed E-state index contributed by atoms with van der Waals surface area (Å²) in [7, 11) is -4.01. The van der Waals surface area contributed by atoms with E-state index in [0.29, 0.717) is 9.87 Å². The van der Waals surface area contributed by atoms with Crippen molar-refractivity contribution in [1.29, 1.82) is 0 Å². The molecule has 2 aromatic rings. The molecular formula is C19H17FN2O5S. The third-order valence-electron chi connectivity index (χ3n) is 4.44. The first-order valence-corrected chi connectivity index (χ1v) is 10.2. The van der Waals surface area contributed by atoms with Gasteiger partial charge in [-0.15, -0.1) is 0 Å². The number of nitrogens with zero attached hydrogens (tertiary/aromatic N) is 2. The molecule has 0 bridgehead atoms. The molecule has 1 aliphatic rings. The summed E-state index contributed by atoms with van der Waals surface area (Å²) in [5.74, 6) is -4.27. The minimum absolute atomic E-state index is 0.185. The third kappa shape index (κ3) is 3.79. The van der Waals surface area contributed by atoms with Gasteiger partial charge in [0.2, 0.25) is 21.7 Å². The average molecular weight is 404 g/mol. The number of carbonyl (C=O) groups excluding carboxylic acids is 3. The molecule has 9 heteroatoms. The van der Waals surface area contributed by atoms with Crippen molar-refractivity contribution in [2.45, 2.75) is 5.92 Å². The van der Waals surface area contributed by atoms with Gasteiger partial charge in [0, 0.05) is 6.54 Å². The molecular weight excluding hydrogens is 387 g/mol. The minimum Gasteiger partial charge on any atom is -0.288 e. The number of amides is 2. The number of benzene rings is 2. The first kappa shape index (κ1) is 19.7. The number of Topliss-reactive ketones (excluding diaryl/α,β-unsaturated/α-hetero) is 1. The van der Waals surface area contributed by atoms with Gasteiger partial charge in [0.15, 0.2) is 0 Å². The Bertz CT molecular complexity index is 1040. The minimum atomic E-state index is -4.01. The maximum atomic E-state index is 14.1. The lowest BCUT2D eigenvalue weighted by molar-refractivity contribution is -0.146. The van der Waals surface area contributed by atoms with Crippen molar-refractivity contribution in [1.82, 2.24) is 4.90 Å². The predicted molar refractivity (Wildman–Crippen MR) is 99.5 cm³/mol. The SMILES string of the molecule is CS(=O)(=O)N(CC(=O)N1C[C@H](c2ccccc2)C(=O)C1=O)c1ccccc1F. The fourth-order valence-corrected chi connectivity index (χ4v) is 3.88. The van der Waals surface area contributed by atoms with Gasteiger partial charge in [0.25, 0.3) is 5.91 Å². The highest BCUT2D eigenvalue weighted by Crippen LogP contribution is 2.26. The Kier molecular flexibility index (Phi) is 5.28. The summed E-state index contributed by atoms with van der Waals surface area (Å²) < 4.78 is 38.9. The molecule has 0 aliphatic carbocycles. The van der Waals surface area contributed by atoms with Crippen LogP contribution in [0.3, 0.4) is 0 Å². The topological polar surface area (TPSA) is 91.8 Å². The number of hydrogen-bond acceptors (Lipinski definition) is 5. The molecule has 0 radical (unpaired) electrons. The summed E-state index contributed by atoms with van der Waals surface area (Å²) in [6.07, 6.45) is 0.830. The molecule has 0 spiro atoms. The second-order valence-corrected chi connectivity index (χ2v) is 8.26. The van der Waals surface area contributed by atoms with E-state index in [1.165, 1.54) is 18.2 Å². The molecule has 1 saturated heterocycles. The Labute approximate surface area is 161 Å². The number of para-hydroxylation sites is 1. The summed E-state index contributed by atoms with van der Waals surface area (Å²) in [5, 5.41) is 0. The van der Waals surface area contributed by atoms with E-state index < -0.39 is 45.9 Å². The smallest absolute Gasteiger partial charge is 0.288 e. The highest BCUT2D eigenvalue weighted by molar-refractivity contribution is 7.92. The summed E-state index contributed by atoms with van der Waals surface area (Å²) in [6.45, 7) is -0.977. The molecule has 3 rings (SSSR count). The van der Waals surface area contributed by atoms with Crippen molar-refractivity contribution in [3.63, 3.8) is 0 Å². The second kappa shape index (κ2) is 7.51. The van der Waals surface area contributed by atoms with Crippen LogP contribution in [0.15, 0.2) is 54.6 Å². The number of anilines is 1. The summed E-state index contributed by atoms with van der Waals surface area (Å²) in [5.41, 5.74) is 0.279. The molecule has 7 nitrogen and oxygen atoms in total. The second-order valence-electron chi connectivity index (χ2n) is 6.36. The van der Waals surface area contributed by atoms with Crippen LogP contribution in [0.1, 0.15) is 11.5 Å². The lowest BCUT2D eigenvalue weighted by atomic mass is 9.97. The van der Waals surface area contributed by atoms with Crippen LogP contribution in [-0.4, -0.2) is 50.3 Å². The Morgan fingerprint density at radius 3 is 2.32 bits per heavy atom. The molecule has 0 unspecified atom stereocenters. The lowest BCUT2D eigenvalue weighted by Gasteiger charge is -2.24. The molecule has 146 valence electrons. The molecule has 1 aliphatic heterocycles. The van der Waals surface area contributed by atoms with Crippen LogP contribution in [0.4, 0.5) is 10.1 Å². The molecule has 0 N–H and O–H groups in total. The van der Waals surface area contributed by atoms with Crippen LogP contribution >= 0.6 is 0 Å². The van der Waals surface area contributed by atoms with Crippen molar-refractivity contribution in [2.24, 2.45) is 0 Å². The van der Waals surface area contributed by atoms with Crippen LogP contribution < -0.4 is 4.31 Å². The molecule has 0 aromatic heterocycles. The Morgan fingerprint density at radius 1 is 1.11 bits per heavy atom. The van der Waals surface area contributed by atoms with Gasteiger partial charge in [0.05, 0.1) is 17.9 Å². The van der Waals surface area contributed by atoms with E-state index in [9.17, 15) is 27.2 Å². The van der Waals surface area contributed by atoms with Gasteiger partial charge in [-0.1, -0.05) is 42.5 Å². The van der Waals surface area contributed by atoms with E-state index in [2.05, 4.69) is 0 Å². The molecule has 1 atom stereocenters. The van der Waals surface area contributed by atoms with Crippen LogP contribution in [-0.2, 0) is 24.4 Å². The van der Waals surface area contributed by atoms with Crippen LogP contribution in [0.25, 0.3) is 0 Å². The molecule has 0 saturated carbocycles. The van der Waals surface area contributed by atoms with E-state index in [1.54, 1.807) is 30.3 Å². The number of sulfonamides is 1. The van der Waals surface area contributed by atoms with Gasteiger partial charge in [-0.05, 0) is 17.7 Å². The quantitative estimate of drug-likeness (QED) is 0.701. The van der Waals surface area contributed by atoms with Crippen LogP contribution in [0.5, 0.6) is 0 Å². The number of imide groups is 1. The summed E-state index contributed by atoms with van der Waals surface area (Å²) in [4.78, 5) is 37.9. The van der Waals surface area contributed by atoms with Gasteiger partial charge in [-0.25, -0.2) is 12.8 Å². The van der Waals surface area contributed by atoms with Crippen molar-refractivity contribution in [3.8, 4) is 0 Å². The number of likely N-dealkylation sites (tertiary alicyclic amines) is 1. The maximum Gasteiger partial charge on any atom is 0.297 e.